The van der Waals surface area contributed by atoms with Crippen LogP contribution in [0.15, 0.2) is 54.6 Å². The van der Waals surface area contributed by atoms with Gasteiger partial charge in [-0.15, -0.1) is 5.10 Å². The van der Waals surface area contributed by atoms with Crippen molar-refractivity contribution in [2.75, 3.05) is 0 Å². The molecule has 1 heterocycles. The number of nitrogens with zero attached hydrogens (tertiary/aromatic N) is 2. The number of ether oxygens (including phenoxy) is 1. The van der Waals surface area contributed by atoms with Crippen molar-refractivity contribution in [2.24, 2.45) is 0 Å². The number of hydrogen-bond acceptors (Lipinski definition) is 2. The van der Waals surface area contributed by atoms with Crippen LogP contribution in [-0.2, 0) is 6.54 Å². The van der Waals surface area contributed by atoms with E-state index in [2.05, 4.69) is 9.84 Å². The van der Waals surface area contributed by atoms with Crippen LogP contribution in [0.5, 0.6) is 5.88 Å². The molecule has 3 aromatic rings. The zero-order valence-corrected chi connectivity index (χ0v) is 11.8. The Kier molecular flexibility index (Phi) is 3.94. The van der Waals surface area contributed by atoms with Crippen molar-refractivity contribution in [1.82, 2.24) is 9.78 Å². The molecule has 0 atom stereocenters. The van der Waals surface area contributed by atoms with E-state index in [4.69, 9.17) is 0 Å². The Hall–Kier alpha value is -2.57. The lowest BCUT2D eigenvalue weighted by Gasteiger charge is -2.14. The summed E-state index contributed by atoms with van der Waals surface area (Å²) in [6.07, 6.45) is -8.52. The Morgan fingerprint density at radius 2 is 1.65 bits per heavy atom. The lowest BCUT2D eigenvalue weighted by atomic mass is 10.2. The molecule has 7 heteroatoms. The first-order valence-corrected chi connectivity index (χ1v) is 6.82. The monoisotopic (exact) mass is 324 g/mol. The van der Waals surface area contributed by atoms with Crippen LogP contribution < -0.4 is 4.74 Å². The van der Waals surface area contributed by atoms with Gasteiger partial charge in [0.25, 0.3) is 0 Å². The minimum Gasteiger partial charge on any atom is -0.408 e. The van der Waals surface area contributed by atoms with Crippen molar-refractivity contribution in [1.29, 1.82) is 0 Å². The molecule has 23 heavy (non-hydrogen) atoms. The Balaban J connectivity index is 2.00. The second-order valence-electron chi connectivity index (χ2n) is 4.93. The lowest BCUT2D eigenvalue weighted by Crippen LogP contribution is -2.33. The summed E-state index contributed by atoms with van der Waals surface area (Å²) >= 11 is 0. The molecule has 120 valence electrons. The summed E-state index contributed by atoms with van der Waals surface area (Å²) in [7, 11) is 0. The van der Waals surface area contributed by atoms with Gasteiger partial charge in [-0.05, 0) is 17.7 Å². The van der Waals surface area contributed by atoms with E-state index in [9.17, 15) is 17.6 Å². The van der Waals surface area contributed by atoms with E-state index >= 15 is 0 Å². The Bertz CT molecular complexity index is 802. The predicted octanol–water partition coefficient (Wildman–Crippen LogP) is 4.32. The van der Waals surface area contributed by atoms with Crippen LogP contribution in [0.25, 0.3) is 10.9 Å². The zero-order valence-electron chi connectivity index (χ0n) is 11.8. The molecule has 0 saturated carbocycles. The van der Waals surface area contributed by atoms with Crippen molar-refractivity contribution in [3.8, 4) is 5.88 Å². The van der Waals surface area contributed by atoms with Gasteiger partial charge in [-0.1, -0.05) is 42.5 Å². The van der Waals surface area contributed by atoms with Crippen LogP contribution in [0, 0.1) is 0 Å². The molecule has 2 aromatic carbocycles. The normalized spacial score (nSPS) is 12.0. The molecular weight excluding hydrogens is 312 g/mol. The Morgan fingerprint density at radius 1 is 1.00 bits per heavy atom. The highest BCUT2D eigenvalue weighted by atomic mass is 19.3. The first kappa shape index (κ1) is 15.3. The second-order valence-corrected chi connectivity index (χ2v) is 4.93. The van der Waals surface area contributed by atoms with Gasteiger partial charge in [0.1, 0.15) is 0 Å². The molecule has 3 rings (SSSR count). The summed E-state index contributed by atoms with van der Waals surface area (Å²) in [5.74, 6) is -0.512. The average molecular weight is 324 g/mol. The molecule has 0 amide bonds. The Morgan fingerprint density at radius 3 is 2.35 bits per heavy atom. The van der Waals surface area contributed by atoms with E-state index in [0.717, 1.165) is 5.56 Å². The number of aromatic nitrogens is 2. The predicted molar refractivity (Wildman–Crippen MR) is 76.9 cm³/mol. The van der Waals surface area contributed by atoms with Crippen molar-refractivity contribution in [2.45, 2.75) is 19.1 Å². The summed E-state index contributed by atoms with van der Waals surface area (Å²) in [4.78, 5) is 0. The Labute approximate surface area is 129 Å². The summed E-state index contributed by atoms with van der Waals surface area (Å²) in [5, 5.41) is 4.19. The van der Waals surface area contributed by atoms with E-state index in [1.54, 1.807) is 18.2 Å². The number of benzene rings is 2. The number of halogens is 4. The number of hydrogen-bond donors (Lipinski definition) is 0. The van der Waals surface area contributed by atoms with Crippen LogP contribution in [0.3, 0.4) is 0 Å². The fourth-order valence-electron chi connectivity index (χ4n) is 2.22. The SMILES string of the molecule is FC(F)C(F)(F)Oc1nn(Cc2ccccc2)c2ccccc12. The van der Waals surface area contributed by atoms with Crippen LogP contribution in [0.1, 0.15) is 5.56 Å². The summed E-state index contributed by atoms with van der Waals surface area (Å²) in [5.41, 5.74) is 1.42. The molecule has 0 N–H and O–H groups in total. The largest absolute Gasteiger partial charge is 0.462 e. The van der Waals surface area contributed by atoms with E-state index < -0.39 is 18.4 Å². The molecule has 0 bridgehead atoms. The minimum absolute atomic E-state index is 0.253. The highest BCUT2D eigenvalue weighted by Gasteiger charge is 2.45. The molecule has 3 nitrogen and oxygen atoms in total. The van der Waals surface area contributed by atoms with Gasteiger partial charge < -0.3 is 4.74 Å². The molecule has 1 aromatic heterocycles. The molecule has 0 fully saturated rings. The lowest BCUT2D eigenvalue weighted by molar-refractivity contribution is -0.254. The maximum Gasteiger partial charge on any atom is 0.462 e. The molecular formula is C16H12F4N2O. The standard InChI is InChI=1S/C16H12F4N2O/c17-15(18)16(19,20)23-14-12-8-4-5-9-13(12)22(21-14)10-11-6-2-1-3-7-11/h1-9,15H,10H2. The number of para-hydroxylation sites is 1. The summed E-state index contributed by atoms with van der Waals surface area (Å²) in [6.45, 7) is 0.310. The third-order valence-corrected chi connectivity index (χ3v) is 3.29. The molecule has 0 saturated heterocycles. The van der Waals surface area contributed by atoms with Gasteiger partial charge in [0.2, 0.25) is 5.88 Å². The highest BCUT2D eigenvalue weighted by molar-refractivity contribution is 5.84. The maximum atomic E-state index is 13.2. The third kappa shape index (κ3) is 3.13. The molecule has 0 radical (unpaired) electrons. The molecule has 0 spiro atoms. The molecule has 0 unspecified atom stereocenters. The van der Waals surface area contributed by atoms with Crippen LogP contribution in [0.2, 0.25) is 0 Å². The summed E-state index contributed by atoms with van der Waals surface area (Å²) in [6, 6.07) is 15.7. The average Bonchev–Trinajstić information content (AvgIpc) is 2.86. The van der Waals surface area contributed by atoms with Crippen molar-refractivity contribution in [3.05, 3.63) is 60.2 Å². The zero-order chi connectivity index (χ0) is 16.4. The highest BCUT2D eigenvalue weighted by Crippen LogP contribution is 2.32. The van der Waals surface area contributed by atoms with Crippen LogP contribution in [-0.4, -0.2) is 22.3 Å². The third-order valence-electron chi connectivity index (χ3n) is 3.29. The topological polar surface area (TPSA) is 27.1 Å². The fourth-order valence-corrected chi connectivity index (χ4v) is 2.22. The quantitative estimate of drug-likeness (QED) is 0.654. The van der Waals surface area contributed by atoms with Crippen molar-refractivity contribution in [3.63, 3.8) is 0 Å². The van der Waals surface area contributed by atoms with E-state index in [-0.39, 0.29) is 5.39 Å². The van der Waals surface area contributed by atoms with Crippen molar-refractivity contribution >= 4 is 10.9 Å². The van der Waals surface area contributed by atoms with Gasteiger partial charge in [-0.25, -0.2) is 0 Å². The maximum absolute atomic E-state index is 13.2. The number of alkyl halides is 4. The van der Waals surface area contributed by atoms with Gasteiger partial charge in [0.05, 0.1) is 17.4 Å². The molecule has 0 aliphatic heterocycles. The fraction of sp³-hybridized carbons (Fsp3) is 0.188. The van der Waals surface area contributed by atoms with Gasteiger partial charge in [-0.2, -0.15) is 17.6 Å². The first-order chi connectivity index (χ1) is 11.0. The molecule has 0 aliphatic carbocycles. The second kappa shape index (κ2) is 5.91. The van der Waals surface area contributed by atoms with Gasteiger partial charge in [0.15, 0.2) is 0 Å². The van der Waals surface area contributed by atoms with Crippen molar-refractivity contribution < 1.29 is 22.3 Å². The van der Waals surface area contributed by atoms with E-state index in [1.807, 2.05) is 30.3 Å². The van der Waals surface area contributed by atoms with E-state index in [0.29, 0.717) is 12.1 Å². The summed E-state index contributed by atoms with van der Waals surface area (Å²) < 4.78 is 56.7. The van der Waals surface area contributed by atoms with Gasteiger partial charge in [-0.3, -0.25) is 4.68 Å². The van der Waals surface area contributed by atoms with E-state index in [1.165, 1.54) is 10.7 Å². The minimum atomic E-state index is -4.59. The molecule has 0 aliphatic rings. The van der Waals surface area contributed by atoms with Crippen LogP contribution >= 0.6 is 0 Å². The first-order valence-electron chi connectivity index (χ1n) is 6.82. The smallest absolute Gasteiger partial charge is 0.408 e. The van der Waals surface area contributed by atoms with Crippen LogP contribution in [0.4, 0.5) is 17.6 Å². The number of fused-ring (bicyclic) bond motifs is 1. The van der Waals surface area contributed by atoms with Gasteiger partial charge >= 0.3 is 12.5 Å². The van der Waals surface area contributed by atoms with Gasteiger partial charge in [0, 0.05) is 0 Å². The number of rotatable bonds is 5.